The number of fused-ring (bicyclic) bond motifs is 6. The SMILES string of the molecule is C=CC(=O)N1CC(C(=O)N(C)[C@H](C(=O)N[C@H]2Cc3cccc(c3)-c3ccc4c(c3)c(c(-c3cccnc3[C@H](C)OC)n4CC)CC(C)(C)COC(=O)[C@@H]3CCCN(N3)C2=O)C(C)C)[C@@H](C(F)(F)F)C1. The largest absolute Gasteiger partial charge is 0.464 e. The summed E-state index contributed by atoms with van der Waals surface area (Å²) in [5.74, 6) is -7.95. The van der Waals surface area contributed by atoms with Crippen LogP contribution < -0.4 is 10.7 Å². The van der Waals surface area contributed by atoms with Crippen LogP contribution in [0.5, 0.6) is 0 Å². The topological polar surface area (TPSA) is 155 Å². The monoisotopic (exact) mass is 955 g/mol. The zero-order valence-electron chi connectivity index (χ0n) is 40.7. The number of methoxy groups -OCH3 is 1. The van der Waals surface area contributed by atoms with E-state index < -0.39 is 90.2 Å². The molecule has 3 aliphatic heterocycles. The third-order valence-electron chi connectivity index (χ3n) is 13.8. The van der Waals surface area contributed by atoms with Crippen molar-refractivity contribution in [2.24, 2.45) is 23.2 Å². The number of carbonyl (C=O) groups is 5. The molecule has 0 radical (unpaired) electrons. The van der Waals surface area contributed by atoms with E-state index in [-0.39, 0.29) is 25.7 Å². The van der Waals surface area contributed by atoms with Crippen molar-refractivity contribution in [1.29, 1.82) is 0 Å². The number of amides is 4. The van der Waals surface area contributed by atoms with Crippen LogP contribution in [0.15, 0.2) is 73.4 Å². The normalized spacial score (nSPS) is 21.9. The van der Waals surface area contributed by atoms with Gasteiger partial charge in [-0.2, -0.15) is 13.2 Å². The molecule has 69 heavy (non-hydrogen) atoms. The molecule has 17 heteroatoms. The fraction of sp³-hybridized carbons (Fsp3) is 0.500. The number of pyridine rings is 1. The van der Waals surface area contributed by atoms with Gasteiger partial charge in [-0.3, -0.25) is 34.0 Å². The first kappa shape index (κ1) is 50.8. The predicted molar refractivity (Wildman–Crippen MR) is 255 cm³/mol. The number of likely N-dealkylation sites (N-methyl/N-ethyl adjacent to an activating group) is 1. The highest BCUT2D eigenvalue weighted by Crippen LogP contribution is 2.43. The minimum Gasteiger partial charge on any atom is -0.464 e. The van der Waals surface area contributed by atoms with E-state index in [0.29, 0.717) is 31.4 Å². The minimum absolute atomic E-state index is 0.00884. The molecule has 5 heterocycles. The van der Waals surface area contributed by atoms with E-state index >= 15 is 0 Å². The van der Waals surface area contributed by atoms with Crippen LogP contribution in [0.25, 0.3) is 33.3 Å². The smallest absolute Gasteiger partial charge is 0.394 e. The van der Waals surface area contributed by atoms with Crippen molar-refractivity contribution in [2.75, 3.05) is 40.4 Å². The standard InChI is InChI=1S/C52H64F3N7O7/c1-10-43(63)60-27-38(39(28-60)52(53,54)55)48(65)59(8)45(30(3)4)47(64)57-41-24-32-15-12-16-33(23-32)34-19-20-42-36(25-34)37(46(61(42)11-2)35-17-13-21-56-44(35)31(5)68-9)26-51(6,7)29-69-50(67)40-18-14-22-62(58-40)49(41)66/h10,12-13,15-17,19-21,23,25,30-31,38-41,45,58H,1,11,14,18,22,24,26-29H2,2-9H3,(H,57,64)/t31-,38?,39-,40-,41-,45-/m0/s1. The highest BCUT2D eigenvalue weighted by Gasteiger charge is 2.54. The molecule has 370 valence electrons. The van der Waals surface area contributed by atoms with Crippen LogP contribution in [0.1, 0.15) is 77.3 Å². The number of benzene rings is 2. The Morgan fingerprint density at radius 3 is 2.49 bits per heavy atom. The van der Waals surface area contributed by atoms with Gasteiger partial charge >= 0.3 is 12.1 Å². The molecule has 1 unspecified atom stereocenters. The average Bonchev–Trinajstić information content (AvgIpc) is 3.92. The van der Waals surface area contributed by atoms with Gasteiger partial charge in [0.25, 0.3) is 5.91 Å². The highest BCUT2D eigenvalue weighted by atomic mass is 19.4. The molecule has 7 rings (SSSR count). The number of ether oxygens (including phenoxy) is 2. The maximum Gasteiger partial charge on any atom is 0.394 e. The molecule has 6 atom stereocenters. The second-order valence-corrected chi connectivity index (χ2v) is 19.7. The molecule has 14 nitrogen and oxygen atoms in total. The molecule has 2 aromatic heterocycles. The lowest BCUT2D eigenvalue weighted by atomic mass is 9.84. The van der Waals surface area contributed by atoms with Crippen molar-refractivity contribution in [2.45, 2.75) is 104 Å². The number of rotatable bonds is 10. The number of nitrogens with one attached hydrogen (secondary N) is 2. The van der Waals surface area contributed by atoms with E-state index in [9.17, 15) is 37.1 Å². The molecule has 2 aromatic carbocycles. The summed E-state index contributed by atoms with van der Waals surface area (Å²) in [6.45, 7) is 14.6. The summed E-state index contributed by atoms with van der Waals surface area (Å²) in [5, 5.41) is 5.21. The second-order valence-electron chi connectivity index (χ2n) is 19.7. The molecular formula is C52H64F3N7O7. The number of halogens is 3. The quantitative estimate of drug-likeness (QED) is 0.126. The lowest BCUT2D eigenvalue weighted by molar-refractivity contribution is -0.186. The summed E-state index contributed by atoms with van der Waals surface area (Å²) in [5.41, 5.74) is 9.76. The van der Waals surface area contributed by atoms with Crippen LogP contribution in [-0.2, 0) is 52.8 Å². The van der Waals surface area contributed by atoms with Crippen molar-refractivity contribution < 1.29 is 46.6 Å². The Hall–Kier alpha value is -6.07. The van der Waals surface area contributed by atoms with Gasteiger partial charge in [0, 0.05) is 74.8 Å². The van der Waals surface area contributed by atoms with E-state index in [4.69, 9.17) is 14.5 Å². The Kier molecular flexibility index (Phi) is 15.1. The summed E-state index contributed by atoms with van der Waals surface area (Å²) >= 11 is 0. The second kappa shape index (κ2) is 20.5. The Labute approximate surface area is 401 Å². The Balaban J connectivity index is 1.29. The van der Waals surface area contributed by atoms with Crippen molar-refractivity contribution in [3.8, 4) is 22.4 Å². The van der Waals surface area contributed by atoms with Crippen LogP contribution in [0.3, 0.4) is 0 Å². The zero-order chi connectivity index (χ0) is 50.1. The average molecular weight is 956 g/mol. The highest BCUT2D eigenvalue weighted by molar-refractivity contribution is 5.96. The number of hydrogen-bond donors (Lipinski definition) is 2. The fourth-order valence-corrected chi connectivity index (χ4v) is 10.3. The molecule has 0 aliphatic carbocycles. The minimum atomic E-state index is -4.80. The van der Waals surface area contributed by atoms with Gasteiger partial charge in [0.05, 0.1) is 35.9 Å². The number of esters is 1. The van der Waals surface area contributed by atoms with E-state index in [1.807, 2.05) is 37.3 Å². The molecule has 2 N–H and O–H groups in total. The van der Waals surface area contributed by atoms with E-state index in [1.165, 1.54) is 12.1 Å². The van der Waals surface area contributed by atoms with Crippen LogP contribution in [0, 0.1) is 23.2 Å². The number of cyclic esters (lactones) is 1. The van der Waals surface area contributed by atoms with Crippen LogP contribution in [-0.4, -0.2) is 119 Å². The summed E-state index contributed by atoms with van der Waals surface area (Å²) in [7, 11) is 2.93. The lowest BCUT2D eigenvalue weighted by Gasteiger charge is -2.37. The molecule has 4 amide bonds. The van der Waals surface area contributed by atoms with Crippen molar-refractivity contribution in [3.05, 3.63) is 90.3 Å². The van der Waals surface area contributed by atoms with Gasteiger partial charge in [-0.05, 0) is 91.6 Å². The van der Waals surface area contributed by atoms with E-state index in [2.05, 4.69) is 66.9 Å². The number of alkyl halides is 3. The number of aromatic nitrogens is 2. The molecule has 6 bridgehead atoms. The molecule has 2 fully saturated rings. The van der Waals surface area contributed by atoms with Gasteiger partial charge < -0.3 is 29.2 Å². The van der Waals surface area contributed by atoms with E-state index in [0.717, 1.165) is 60.4 Å². The first-order valence-electron chi connectivity index (χ1n) is 23.7. The molecule has 4 aromatic rings. The first-order valence-corrected chi connectivity index (χ1v) is 23.7. The van der Waals surface area contributed by atoms with Crippen LogP contribution in [0.2, 0.25) is 0 Å². The first-order chi connectivity index (χ1) is 32.7. The van der Waals surface area contributed by atoms with Gasteiger partial charge in [0.1, 0.15) is 18.1 Å². The van der Waals surface area contributed by atoms with Gasteiger partial charge in [-0.15, -0.1) is 0 Å². The predicted octanol–water partition coefficient (Wildman–Crippen LogP) is 7.05. The number of carbonyl (C=O) groups excluding carboxylic acids is 5. The van der Waals surface area contributed by atoms with Crippen molar-refractivity contribution in [1.82, 2.24) is 35.1 Å². The number of nitrogens with zero attached hydrogens (tertiary/aromatic N) is 5. The molecule has 0 spiro atoms. The van der Waals surface area contributed by atoms with Gasteiger partial charge in [-0.25, -0.2) is 5.43 Å². The number of hydrazine groups is 1. The molecule has 0 saturated carbocycles. The van der Waals surface area contributed by atoms with E-state index in [1.54, 1.807) is 27.2 Å². The zero-order valence-corrected chi connectivity index (χ0v) is 40.7. The summed E-state index contributed by atoms with van der Waals surface area (Å²) in [6, 6.07) is 14.5. The third kappa shape index (κ3) is 10.6. The maximum atomic E-state index is 14.7. The molecular weight excluding hydrogens is 892 g/mol. The van der Waals surface area contributed by atoms with Crippen LogP contribution in [0.4, 0.5) is 13.2 Å². The fourth-order valence-electron chi connectivity index (χ4n) is 10.3. The lowest BCUT2D eigenvalue weighted by Crippen LogP contribution is -2.62. The summed E-state index contributed by atoms with van der Waals surface area (Å²) in [4.78, 5) is 76.4. The Morgan fingerprint density at radius 1 is 1.07 bits per heavy atom. The number of aryl methyl sites for hydroxylation is 1. The molecule has 2 saturated heterocycles. The Bertz CT molecular complexity index is 2610. The maximum absolute atomic E-state index is 14.7. The van der Waals surface area contributed by atoms with Crippen molar-refractivity contribution in [3.63, 3.8) is 0 Å². The molecule has 3 aliphatic rings. The Morgan fingerprint density at radius 2 is 1.81 bits per heavy atom. The van der Waals surface area contributed by atoms with Gasteiger partial charge in [0.2, 0.25) is 17.7 Å². The number of hydrogen-bond acceptors (Lipinski definition) is 9. The van der Waals surface area contributed by atoms with Crippen LogP contribution >= 0.6 is 0 Å². The summed E-state index contributed by atoms with van der Waals surface area (Å²) < 4.78 is 57.3. The van der Waals surface area contributed by atoms with Crippen molar-refractivity contribution >= 4 is 40.5 Å². The number of likely N-dealkylation sites (tertiary alicyclic amines) is 1. The third-order valence-corrected chi connectivity index (χ3v) is 13.8. The van der Waals surface area contributed by atoms with Gasteiger partial charge in [-0.1, -0.05) is 64.6 Å². The summed E-state index contributed by atoms with van der Waals surface area (Å²) in [6.07, 6.45) is -1.07. The van der Waals surface area contributed by atoms with Gasteiger partial charge in [0.15, 0.2) is 0 Å².